The van der Waals surface area contributed by atoms with Crippen LogP contribution < -0.4 is 5.73 Å². The molecule has 2 amide bonds. The van der Waals surface area contributed by atoms with Gasteiger partial charge in [-0.15, -0.1) is 11.3 Å². The summed E-state index contributed by atoms with van der Waals surface area (Å²) in [6.07, 6.45) is 0.796. The second kappa shape index (κ2) is 7.93. The van der Waals surface area contributed by atoms with Crippen LogP contribution in [0.25, 0.3) is 10.1 Å². The third-order valence-corrected chi connectivity index (χ3v) is 8.05. The standard InChI is InChI=1S/C24H24ClN3O2S/c1-14-18-11-17(25)7-8-20(18)31-22(14)24(30)27-12-16(13-27)21-19(26)9-10-28(21)23(29)15-5-3-2-4-6-15/h2-8,11,16,19,21H,9-10,12-13,26H2,1H3. The van der Waals surface area contributed by atoms with Crippen molar-refractivity contribution in [3.63, 3.8) is 0 Å². The molecule has 2 fully saturated rings. The molecular formula is C24H24ClN3O2S. The molecule has 1 aromatic heterocycles. The lowest BCUT2D eigenvalue weighted by atomic mass is 9.87. The number of carbonyl (C=O) groups is 2. The highest BCUT2D eigenvalue weighted by molar-refractivity contribution is 7.21. The fraction of sp³-hybridized carbons (Fsp3) is 0.333. The van der Waals surface area contributed by atoms with E-state index in [0.717, 1.165) is 26.9 Å². The molecule has 2 aromatic carbocycles. The number of rotatable bonds is 3. The monoisotopic (exact) mass is 453 g/mol. The van der Waals surface area contributed by atoms with E-state index in [1.54, 1.807) is 0 Å². The first kappa shape index (κ1) is 20.5. The van der Waals surface area contributed by atoms with Gasteiger partial charge in [-0.2, -0.15) is 0 Å². The molecule has 2 N–H and O–H groups in total. The first-order valence-corrected chi connectivity index (χ1v) is 11.7. The lowest BCUT2D eigenvalue weighted by Gasteiger charge is -2.45. The third kappa shape index (κ3) is 3.53. The van der Waals surface area contributed by atoms with Crippen LogP contribution in [-0.4, -0.2) is 53.3 Å². The van der Waals surface area contributed by atoms with Crippen LogP contribution in [0.15, 0.2) is 48.5 Å². The quantitative estimate of drug-likeness (QED) is 0.647. The fourth-order valence-electron chi connectivity index (χ4n) is 4.86. The first-order valence-electron chi connectivity index (χ1n) is 10.5. The zero-order chi connectivity index (χ0) is 21.7. The van der Waals surface area contributed by atoms with E-state index in [1.165, 1.54) is 11.3 Å². The number of nitrogens with two attached hydrogens (primary N) is 1. The minimum atomic E-state index is -0.0527. The molecule has 2 aliphatic heterocycles. The van der Waals surface area contributed by atoms with Gasteiger partial charge in [0.1, 0.15) is 0 Å². The van der Waals surface area contributed by atoms with Crippen molar-refractivity contribution in [2.24, 2.45) is 11.7 Å². The topological polar surface area (TPSA) is 66.6 Å². The molecule has 7 heteroatoms. The molecule has 3 aromatic rings. The van der Waals surface area contributed by atoms with Crippen molar-refractivity contribution in [3.05, 3.63) is 69.6 Å². The van der Waals surface area contributed by atoms with Crippen molar-refractivity contribution < 1.29 is 9.59 Å². The van der Waals surface area contributed by atoms with Gasteiger partial charge in [-0.3, -0.25) is 9.59 Å². The summed E-state index contributed by atoms with van der Waals surface area (Å²) in [7, 11) is 0. The Morgan fingerprint density at radius 3 is 2.58 bits per heavy atom. The van der Waals surface area contributed by atoms with E-state index in [0.29, 0.717) is 30.2 Å². The van der Waals surface area contributed by atoms with Crippen molar-refractivity contribution in [1.82, 2.24) is 9.80 Å². The fourth-order valence-corrected chi connectivity index (χ4v) is 6.19. The number of benzene rings is 2. The number of amides is 2. The lowest BCUT2D eigenvalue weighted by molar-refractivity contribution is 0.0247. The van der Waals surface area contributed by atoms with E-state index in [1.807, 2.05) is 65.3 Å². The van der Waals surface area contributed by atoms with Gasteiger partial charge in [0.05, 0.1) is 10.9 Å². The zero-order valence-corrected chi connectivity index (χ0v) is 18.8. The van der Waals surface area contributed by atoms with Gasteiger partial charge in [-0.1, -0.05) is 29.8 Å². The van der Waals surface area contributed by atoms with E-state index in [-0.39, 0.29) is 29.8 Å². The second-order valence-electron chi connectivity index (χ2n) is 8.47. The maximum atomic E-state index is 13.2. The molecule has 0 aliphatic carbocycles. The number of aryl methyl sites for hydroxylation is 1. The maximum Gasteiger partial charge on any atom is 0.264 e. The summed E-state index contributed by atoms with van der Waals surface area (Å²) in [6, 6.07) is 15.0. The van der Waals surface area contributed by atoms with E-state index in [9.17, 15) is 9.59 Å². The average Bonchev–Trinajstić information content (AvgIpc) is 3.27. The van der Waals surface area contributed by atoms with E-state index >= 15 is 0 Å². The summed E-state index contributed by atoms with van der Waals surface area (Å²) in [5.41, 5.74) is 8.08. The minimum absolute atomic E-state index is 0.0283. The number of halogens is 1. The normalized spacial score (nSPS) is 21.5. The Morgan fingerprint density at radius 1 is 1.10 bits per heavy atom. The summed E-state index contributed by atoms with van der Waals surface area (Å²) in [5, 5.41) is 1.71. The van der Waals surface area contributed by atoms with Crippen molar-refractivity contribution in [2.75, 3.05) is 19.6 Å². The van der Waals surface area contributed by atoms with E-state index < -0.39 is 0 Å². The number of hydrogen-bond acceptors (Lipinski definition) is 4. The molecule has 2 aliphatic rings. The van der Waals surface area contributed by atoms with Gasteiger partial charge in [0.2, 0.25) is 0 Å². The highest BCUT2D eigenvalue weighted by atomic mass is 35.5. The molecule has 160 valence electrons. The van der Waals surface area contributed by atoms with Crippen LogP contribution in [0.1, 0.15) is 32.0 Å². The van der Waals surface area contributed by atoms with Gasteiger partial charge in [0, 0.05) is 46.9 Å². The number of hydrogen-bond donors (Lipinski definition) is 1. The predicted octanol–water partition coefficient (Wildman–Crippen LogP) is 4.18. The Labute approximate surface area is 190 Å². The molecule has 2 saturated heterocycles. The Bertz CT molecular complexity index is 1160. The molecular weight excluding hydrogens is 430 g/mol. The molecule has 2 atom stereocenters. The van der Waals surface area contributed by atoms with Crippen molar-refractivity contribution in [2.45, 2.75) is 25.4 Å². The van der Waals surface area contributed by atoms with Gasteiger partial charge in [-0.05, 0) is 54.6 Å². The molecule has 31 heavy (non-hydrogen) atoms. The number of carbonyl (C=O) groups excluding carboxylic acids is 2. The highest BCUT2D eigenvalue weighted by Gasteiger charge is 2.46. The van der Waals surface area contributed by atoms with Gasteiger partial charge < -0.3 is 15.5 Å². The first-order chi connectivity index (χ1) is 14.9. The number of likely N-dealkylation sites (tertiary alicyclic amines) is 2. The molecule has 0 bridgehead atoms. The van der Waals surface area contributed by atoms with E-state index in [2.05, 4.69) is 0 Å². The summed E-state index contributed by atoms with van der Waals surface area (Å²) in [4.78, 5) is 30.8. The molecule has 0 radical (unpaired) electrons. The van der Waals surface area contributed by atoms with Crippen LogP contribution >= 0.6 is 22.9 Å². The number of nitrogens with zero attached hydrogens (tertiary/aromatic N) is 2. The van der Waals surface area contributed by atoms with Crippen LogP contribution in [0.4, 0.5) is 0 Å². The second-order valence-corrected chi connectivity index (χ2v) is 9.96. The molecule has 3 heterocycles. The molecule has 2 unspecified atom stereocenters. The Balaban J connectivity index is 1.31. The van der Waals surface area contributed by atoms with Gasteiger partial charge >= 0.3 is 0 Å². The van der Waals surface area contributed by atoms with Crippen LogP contribution in [0, 0.1) is 12.8 Å². The van der Waals surface area contributed by atoms with Crippen LogP contribution in [-0.2, 0) is 0 Å². The van der Waals surface area contributed by atoms with Crippen molar-refractivity contribution in [3.8, 4) is 0 Å². The Kier molecular flexibility index (Phi) is 5.24. The van der Waals surface area contributed by atoms with Crippen LogP contribution in [0.5, 0.6) is 0 Å². The Hall–Kier alpha value is -2.41. The van der Waals surface area contributed by atoms with Gasteiger partial charge in [0.15, 0.2) is 0 Å². The molecule has 5 nitrogen and oxygen atoms in total. The smallest absolute Gasteiger partial charge is 0.264 e. The third-order valence-electron chi connectivity index (χ3n) is 6.56. The molecule has 0 saturated carbocycles. The van der Waals surface area contributed by atoms with Crippen molar-refractivity contribution >= 4 is 44.8 Å². The van der Waals surface area contributed by atoms with Crippen LogP contribution in [0.3, 0.4) is 0 Å². The van der Waals surface area contributed by atoms with E-state index in [4.69, 9.17) is 17.3 Å². The largest absolute Gasteiger partial charge is 0.337 e. The van der Waals surface area contributed by atoms with Crippen molar-refractivity contribution in [1.29, 1.82) is 0 Å². The average molecular weight is 454 g/mol. The number of fused-ring (bicyclic) bond motifs is 1. The Morgan fingerprint density at radius 2 is 1.84 bits per heavy atom. The summed E-state index contributed by atoms with van der Waals surface area (Å²) in [5.74, 6) is 0.289. The molecule has 5 rings (SSSR count). The maximum absolute atomic E-state index is 13.2. The summed E-state index contributed by atoms with van der Waals surface area (Å²) in [6.45, 7) is 3.90. The highest BCUT2D eigenvalue weighted by Crippen LogP contribution is 2.36. The van der Waals surface area contributed by atoms with Gasteiger partial charge in [-0.25, -0.2) is 0 Å². The SMILES string of the molecule is Cc1c(C(=O)N2CC(C3C(N)CCN3C(=O)c3ccccc3)C2)sc2ccc(Cl)cc12. The van der Waals surface area contributed by atoms with Crippen LogP contribution in [0.2, 0.25) is 5.02 Å². The summed E-state index contributed by atoms with van der Waals surface area (Å²) < 4.78 is 1.07. The summed E-state index contributed by atoms with van der Waals surface area (Å²) >= 11 is 7.65. The lowest BCUT2D eigenvalue weighted by Crippen LogP contribution is -2.61. The van der Waals surface area contributed by atoms with Gasteiger partial charge in [0.25, 0.3) is 11.8 Å². The molecule has 0 spiro atoms. The number of thiophene rings is 1. The predicted molar refractivity (Wildman–Crippen MR) is 125 cm³/mol. The minimum Gasteiger partial charge on any atom is -0.337 e. The zero-order valence-electron chi connectivity index (χ0n) is 17.3.